The molecule has 0 radical (unpaired) electrons. The number of nitrogens with one attached hydrogen (secondary N) is 1. The van der Waals surface area contributed by atoms with Gasteiger partial charge in [0.15, 0.2) is 0 Å². The molecule has 0 aliphatic heterocycles. The highest BCUT2D eigenvalue weighted by molar-refractivity contribution is 5.90. The van der Waals surface area contributed by atoms with E-state index in [9.17, 15) is 9.59 Å². The van der Waals surface area contributed by atoms with Crippen LogP contribution in [0, 0.1) is 6.92 Å². The smallest absolute Gasteiger partial charge is 0.322 e. The maximum Gasteiger partial charge on any atom is 0.322 e. The van der Waals surface area contributed by atoms with Crippen LogP contribution in [0.25, 0.3) is 0 Å². The molecule has 1 amide bonds. The summed E-state index contributed by atoms with van der Waals surface area (Å²) in [7, 11) is 0. The number of carboxylic acid groups (broad SMARTS) is 1. The summed E-state index contributed by atoms with van der Waals surface area (Å²) in [5, 5.41) is 18.4. The van der Waals surface area contributed by atoms with Crippen LogP contribution in [0.15, 0.2) is 4.42 Å². The van der Waals surface area contributed by atoms with E-state index in [4.69, 9.17) is 9.52 Å². The highest BCUT2D eigenvalue weighted by atomic mass is 16.4. The van der Waals surface area contributed by atoms with E-state index >= 15 is 0 Å². The van der Waals surface area contributed by atoms with Gasteiger partial charge in [-0.15, -0.1) is 5.10 Å². The molecule has 2 N–H and O–H groups in total. The lowest BCUT2D eigenvalue weighted by molar-refractivity contribution is -0.137. The molecule has 1 heterocycles. The summed E-state index contributed by atoms with van der Waals surface area (Å²) in [6.45, 7) is 6.23. The molecule has 0 atom stereocenters. The third kappa shape index (κ3) is 5.79. The third-order valence-corrected chi connectivity index (χ3v) is 2.69. The lowest BCUT2D eigenvalue weighted by atomic mass is 10.2. The van der Waals surface area contributed by atoms with E-state index in [1.807, 2.05) is 18.7 Å². The van der Waals surface area contributed by atoms with Crippen LogP contribution in [0.3, 0.4) is 0 Å². The Kier molecular flexibility index (Phi) is 6.10. The normalized spacial score (nSPS) is 11.1. The van der Waals surface area contributed by atoms with Crippen LogP contribution in [0.5, 0.6) is 0 Å². The van der Waals surface area contributed by atoms with Gasteiger partial charge in [-0.05, 0) is 26.8 Å². The van der Waals surface area contributed by atoms with Crippen LogP contribution in [0.1, 0.15) is 32.6 Å². The highest BCUT2D eigenvalue weighted by Crippen LogP contribution is 2.06. The van der Waals surface area contributed by atoms with Crippen molar-refractivity contribution in [2.75, 3.05) is 18.4 Å². The van der Waals surface area contributed by atoms with Gasteiger partial charge in [0.25, 0.3) is 0 Å². The van der Waals surface area contributed by atoms with E-state index < -0.39 is 5.97 Å². The zero-order valence-electron chi connectivity index (χ0n) is 11.9. The number of hydrogen-bond acceptors (Lipinski definition) is 6. The Morgan fingerprint density at radius 2 is 2.10 bits per heavy atom. The third-order valence-electron chi connectivity index (χ3n) is 2.69. The van der Waals surface area contributed by atoms with Crippen molar-refractivity contribution in [1.82, 2.24) is 15.1 Å². The molecule has 0 saturated heterocycles. The Balaban J connectivity index is 2.44. The fourth-order valence-electron chi connectivity index (χ4n) is 1.64. The van der Waals surface area contributed by atoms with Crippen LogP contribution < -0.4 is 5.32 Å². The van der Waals surface area contributed by atoms with Crippen molar-refractivity contribution in [2.45, 2.75) is 39.7 Å². The molecular formula is C12H20N4O4. The number of hydrogen-bond donors (Lipinski definition) is 2. The summed E-state index contributed by atoms with van der Waals surface area (Å²) in [5.74, 6) is -0.723. The Labute approximate surface area is 117 Å². The van der Waals surface area contributed by atoms with Crippen molar-refractivity contribution in [2.24, 2.45) is 0 Å². The summed E-state index contributed by atoms with van der Waals surface area (Å²) in [5.41, 5.74) is 0. The molecule has 1 aromatic heterocycles. The fraction of sp³-hybridized carbons (Fsp3) is 0.667. The summed E-state index contributed by atoms with van der Waals surface area (Å²) in [6, 6.07) is 0.209. The quantitative estimate of drug-likeness (QED) is 0.729. The minimum absolute atomic E-state index is 0.0711. The molecule has 1 aromatic rings. The predicted octanol–water partition coefficient (Wildman–Crippen LogP) is 0.892. The number of rotatable bonds is 8. The largest absolute Gasteiger partial charge is 0.481 e. The van der Waals surface area contributed by atoms with Crippen LogP contribution in [-0.2, 0) is 9.59 Å². The minimum Gasteiger partial charge on any atom is -0.481 e. The van der Waals surface area contributed by atoms with Gasteiger partial charge in [0, 0.05) is 19.4 Å². The average molecular weight is 284 g/mol. The standard InChI is InChI=1S/C12H20N4O4/c1-8(2)16(6-4-5-11(18)19)7-10(17)13-12-15-14-9(3)20-12/h8H,4-7H2,1-3H3,(H,18,19)(H,13,15,17). The van der Waals surface area contributed by atoms with E-state index in [2.05, 4.69) is 15.5 Å². The number of nitrogens with zero attached hydrogens (tertiary/aromatic N) is 3. The number of aryl methyl sites for hydroxylation is 1. The Morgan fingerprint density at radius 3 is 2.60 bits per heavy atom. The number of aromatic nitrogens is 2. The van der Waals surface area contributed by atoms with Crippen molar-refractivity contribution < 1.29 is 19.1 Å². The molecule has 112 valence electrons. The fourth-order valence-corrected chi connectivity index (χ4v) is 1.64. The molecule has 0 aliphatic rings. The molecule has 8 heteroatoms. The lowest BCUT2D eigenvalue weighted by Gasteiger charge is -2.25. The number of amides is 1. The Morgan fingerprint density at radius 1 is 1.40 bits per heavy atom. The first-order chi connectivity index (χ1) is 9.38. The summed E-state index contributed by atoms with van der Waals surface area (Å²) in [4.78, 5) is 24.2. The van der Waals surface area contributed by atoms with Crippen LogP contribution in [-0.4, -0.2) is 51.2 Å². The maximum atomic E-state index is 11.8. The van der Waals surface area contributed by atoms with Crippen molar-refractivity contribution in [1.29, 1.82) is 0 Å². The number of carbonyl (C=O) groups is 2. The highest BCUT2D eigenvalue weighted by Gasteiger charge is 2.16. The molecule has 0 spiro atoms. The zero-order valence-corrected chi connectivity index (χ0v) is 11.9. The molecule has 0 fully saturated rings. The van der Waals surface area contributed by atoms with Gasteiger partial charge in [-0.3, -0.25) is 19.8 Å². The van der Waals surface area contributed by atoms with E-state index in [0.29, 0.717) is 18.9 Å². The molecule has 8 nitrogen and oxygen atoms in total. The van der Waals surface area contributed by atoms with Crippen molar-refractivity contribution >= 4 is 17.9 Å². The van der Waals surface area contributed by atoms with Gasteiger partial charge in [-0.1, -0.05) is 5.10 Å². The Hall–Kier alpha value is -1.96. The van der Waals surface area contributed by atoms with E-state index in [-0.39, 0.29) is 30.9 Å². The van der Waals surface area contributed by atoms with E-state index in [0.717, 1.165) is 0 Å². The molecule has 0 saturated carbocycles. The van der Waals surface area contributed by atoms with Gasteiger partial charge in [-0.2, -0.15) is 0 Å². The zero-order chi connectivity index (χ0) is 15.1. The summed E-state index contributed by atoms with van der Waals surface area (Å²) < 4.78 is 5.06. The number of aliphatic carboxylic acids is 1. The minimum atomic E-state index is -0.834. The second-order valence-electron chi connectivity index (χ2n) is 4.74. The van der Waals surface area contributed by atoms with Gasteiger partial charge in [-0.25, -0.2) is 0 Å². The average Bonchev–Trinajstić information content (AvgIpc) is 2.72. The molecule has 0 unspecified atom stereocenters. The molecule has 0 aromatic carbocycles. The first-order valence-corrected chi connectivity index (χ1v) is 6.44. The lowest BCUT2D eigenvalue weighted by Crippen LogP contribution is -2.38. The van der Waals surface area contributed by atoms with Crippen LogP contribution in [0.2, 0.25) is 0 Å². The first-order valence-electron chi connectivity index (χ1n) is 6.44. The summed E-state index contributed by atoms with van der Waals surface area (Å²) in [6.07, 6.45) is 0.591. The van der Waals surface area contributed by atoms with E-state index in [1.54, 1.807) is 6.92 Å². The van der Waals surface area contributed by atoms with Gasteiger partial charge in [0.05, 0.1) is 6.54 Å². The van der Waals surface area contributed by atoms with E-state index in [1.165, 1.54) is 0 Å². The summed E-state index contributed by atoms with van der Waals surface area (Å²) >= 11 is 0. The number of carboxylic acids is 1. The maximum absolute atomic E-state index is 11.8. The monoisotopic (exact) mass is 284 g/mol. The molecule has 1 rings (SSSR count). The van der Waals surface area contributed by atoms with Gasteiger partial charge in [0.1, 0.15) is 0 Å². The van der Waals surface area contributed by atoms with Crippen LogP contribution >= 0.6 is 0 Å². The van der Waals surface area contributed by atoms with Gasteiger partial charge in [0.2, 0.25) is 11.8 Å². The molecule has 20 heavy (non-hydrogen) atoms. The second kappa shape index (κ2) is 7.59. The molecular weight excluding hydrogens is 264 g/mol. The molecule has 0 aliphatic carbocycles. The van der Waals surface area contributed by atoms with Crippen molar-refractivity contribution in [3.63, 3.8) is 0 Å². The molecule has 0 bridgehead atoms. The predicted molar refractivity (Wildman–Crippen MR) is 71.2 cm³/mol. The SMILES string of the molecule is Cc1nnc(NC(=O)CN(CCCC(=O)O)C(C)C)o1. The Bertz CT molecular complexity index is 458. The number of carbonyl (C=O) groups excluding carboxylic acids is 1. The number of anilines is 1. The first kappa shape index (κ1) is 16.1. The topological polar surface area (TPSA) is 109 Å². The van der Waals surface area contributed by atoms with Crippen molar-refractivity contribution in [3.05, 3.63) is 5.89 Å². The van der Waals surface area contributed by atoms with Gasteiger partial charge >= 0.3 is 12.0 Å². The van der Waals surface area contributed by atoms with Gasteiger partial charge < -0.3 is 9.52 Å². The second-order valence-corrected chi connectivity index (χ2v) is 4.74. The van der Waals surface area contributed by atoms with Crippen LogP contribution in [0.4, 0.5) is 6.01 Å². The van der Waals surface area contributed by atoms with Crippen molar-refractivity contribution in [3.8, 4) is 0 Å².